The molecule has 0 aliphatic carbocycles. The Morgan fingerprint density at radius 2 is 1.74 bits per heavy atom. The van der Waals surface area contributed by atoms with Crippen LogP contribution in [0.4, 0.5) is 15.8 Å². The first-order valence-corrected chi connectivity index (χ1v) is 9.68. The normalized spacial score (nSPS) is 10.5. The largest absolute Gasteiger partial charge is 0.494 e. The number of rotatable bonds is 11. The number of unbranched alkanes of at least 4 members (excludes halogenated alkanes) is 4. The quantitative estimate of drug-likeness (QED) is 0.469. The maximum atomic E-state index is 13.1. The van der Waals surface area contributed by atoms with Gasteiger partial charge in [-0.05, 0) is 48.9 Å². The Morgan fingerprint density at radius 1 is 1.04 bits per heavy atom. The van der Waals surface area contributed by atoms with E-state index >= 15 is 0 Å². The van der Waals surface area contributed by atoms with Crippen molar-refractivity contribution in [1.29, 1.82) is 0 Å². The highest BCUT2D eigenvalue weighted by Crippen LogP contribution is 2.19. The van der Waals surface area contributed by atoms with Gasteiger partial charge < -0.3 is 15.4 Å². The van der Waals surface area contributed by atoms with Crippen LogP contribution in [0.3, 0.4) is 0 Å². The molecule has 0 atom stereocenters. The van der Waals surface area contributed by atoms with Gasteiger partial charge in [0, 0.05) is 11.4 Å². The van der Waals surface area contributed by atoms with Gasteiger partial charge in [0.25, 0.3) is 0 Å². The van der Waals surface area contributed by atoms with Gasteiger partial charge >= 0.3 is 0 Å². The second kappa shape index (κ2) is 11.4. The second-order valence-electron chi connectivity index (χ2n) is 6.32. The highest BCUT2D eigenvalue weighted by molar-refractivity contribution is 6.31. The lowest BCUT2D eigenvalue weighted by atomic mass is 10.2. The molecule has 0 radical (unpaired) electrons. The maximum absolute atomic E-state index is 13.1. The fourth-order valence-corrected chi connectivity index (χ4v) is 2.71. The molecule has 0 heterocycles. The summed E-state index contributed by atoms with van der Waals surface area (Å²) >= 11 is 5.70. The van der Waals surface area contributed by atoms with E-state index in [-0.39, 0.29) is 17.5 Å². The summed E-state index contributed by atoms with van der Waals surface area (Å²) in [7, 11) is 0. The van der Waals surface area contributed by atoms with Crippen molar-refractivity contribution < 1.29 is 13.9 Å². The summed E-state index contributed by atoms with van der Waals surface area (Å²) in [6, 6.07) is 11.6. The minimum atomic E-state index is -0.518. The topological polar surface area (TPSA) is 50.4 Å². The summed E-state index contributed by atoms with van der Waals surface area (Å²) in [6.07, 6.45) is 6.04. The highest BCUT2D eigenvalue weighted by Gasteiger charge is 2.05. The Kier molecular flexibility index (Phi) is 8.92. The van der Waals surface area contributed by atoms with Crippen LogP contribution in [0.5, 0.6) is 5.75 Å². The molecule has 146 valence electrons. The van der Waals surface area contributed by atoms with Crippen LogP contribution in [0, 0.1) is 5.82 Å². The van der Waals surface area contributed by atoms with Gasteiger partial charge in [-0.15, -0.1) is 0 Å². The molecule has 2 aromatic rings. The lowest BCUT2D eigenvalue weighted by Gasteiger charge is -2.10. The zero-order chi connectivity index (χ0) is 19.5. The maximum Gasteiger partial charge on any atom is 0.243 e. The van der Waals surface area contributed by atoms with Crippen molar-refractivity contribution in [2.75, 3.05) is 23.8 Å². The van der Waals surface area contributed by atoms with E-state index in [1.807, 2.05) is 24.3 Å². The SMILES string of the molecule is CCCCCCCOc1ccc(NCC(=O)Nc2ccc(F)c(Cl)c2)cc1. The molecule has 0 spiro atoms. The summed E-state index contributed by atoms with van der Waals surface area (Å²) in [6.45, 7) is 3.01. The van der Waals surface area contributed by atoms with Gasteiger partial charge in [0.15, 0.2) is 0 Å². The molecule has 2 N–H and O–H groups in total. The summed E-state index contributed by atoms with van der Waals surface area (Å²) in [4.78, 5) is 12.0. The predicted molar refractivity (Wildman–Crippen MR) is 109 cm³/mol. The number of halogens is 2. The van der Waals surface area contributed by atoms with Crippen LogP contribution >= 0.6 is 11.6 Å². The van der Waals surface area contributed by atoms with Crippen LogP contribution in [0.25, 0.3) is 0 Å². The first-order chi connectivity index (χ1) is 13.1. The number of ether oxygens (including phenoxy) is 1. The van der Waals surface area contributed by atoms with E-state index < -0.39 is 5.82 Å². The van der Waals surface area contributed by atoms with Gasteiger partial charge in [0.2, 0.25) is 5.91 Å². The molecule has 4 nitrogen and oxygen atoms in total. The van der Waals surface area contributed by atoms with Gasteiger partial charge in [-0.1, -0.05) is 44.2 Å². The second-order valence-corrected chi connectivity index (χ2v) is 6.72. The van der Waals surface area contributed by atoms with Crippen LogP contribution in [0.2, 0.25) is 5.02 Å². The molecule has 0 saturated heterocycles. The first-order valence-electron chi connectivity index (χ1n) is 9.30. The molecule has 0 saturated carbocycles. The minimum Gasteiger partial charge on any atom is -0.494 e. The lowest BCUT2D eigenvalue weighted by Crippen LogP contribution is -2.21. The molecule has 0 fully saturated rings. The molecule has 1 amide bonds. The molecule has 27 heavy (non-hydrogen) atoms. The average molecular weight is 393 g/mol. The molecule has 0 aliphatic rings. The third-order valence-corrected chi connectivity index (χ3v) is 4.32. The van der Waals surface area contributed by atoms with Gasteiger partial charge in [0.1, 0.15) is 11.6 Å². The van der Waals surface area contributed by atoms with Gasteiger partial charge in [0.05, 0.1) is 18.2 Å². The molecule has 2 aromatic carbocycles. The van der Waals surface area contributed by atoms with Crippen molar-refractivity contribution in [3.63, 3.8) is 0 Å². The summed E-state index contributed by atoms with van der Waals surface area (Å²) in [5.74, 6) is 0.0580. The number of anilines is 2. The molecule has 2 rings (SSSR count). The number of hydrogen-bond acceptors (Lipinski definition) is 3. The van der Waals surface area contributed by atoms with E-state index in [4.69, 9.17) is 16.3 Å². The fourth-order valence-electron chi connectivity index (χ4n) is 2.53. The highest BCUT2D eigenvalue weighted by atomic mass is 35.5. The number of amides is 1. The van der Waals surface area contributed by atoms with E-state index in [1.165, 1.54) is 43.9 Å². The fraction of sp³-hybridized carbons (Fsp3) is 0.381. The molecular weight excluding hydrogens is 367 g/mol. The number of hydrogen-bond donors (Lipinski definition) is 2. The minimum absolute atomic E-state index is 0.0262. The Hall–Kier alpha value is -2.27. The van der Waals surface area contributed by atoms with Crippen LogP contribution < -0.4 is 15.4 Å². The van der Waals surface area contributed by atoms with Gasteiger partial charge in [-0.25, -0.2) is 4.39 Å². The zero-order valence-corrected chi connectivity index (χ0v) is 16.3. The van der Waals surface area contributed by atoms with Crippen molar-refractivity contribution in [3.8, 4) is 5.75 Å². The van der Waals surface area contributed by atoms with Crippen molar-refractivity contribution in [1.82, 2.24) is 0 Å². The van der Waals surface area contributed by atoms with E-state index in [2.05, 4.69) is 17.6 Å². The zero-order valence-electron chi connectivity index (χ0n) is 15.6. The van der Waals surface area contributed by atoms with Crippen LogP contribution in [0.15, 0.2) is 42.5 Å². The van der Waals surface area contributed by atoms with E-state index in [0.717, 1.165) is 24.5 Å². The van der Waals surface area contributed by atoms with Crippen molar-refractivity contribution in [2.45, 2.75) is 39.0 Å². The number of carbonyl (C=O) groups is 1. The number of nitrogens with one attached hydrogen (secondary N) is 2. The number of carbonyl (C=O) groups excluding carboxylic acids is 1. The van der Waals surface area contributed by atoms with E-state index in [9.17, 15) is 9.18 Å². The monoisotopic (exact) mass is 392 g/mol. The van der Waals surface area contributed by atoms with Crippen molar-refractivity contribution in [3.05, 3.63) is 53.3 Å². The smallest absolute Gasteiger partial charge is 0.243 e. The molecule has 0 aliphatic heterocycles. The number of benzene rings is 2. The summed E-state index contributed by atoms with van der Waals surface area (Å²) in [5.41, 5.74) is 1.27. The van der Waals surface area contributed by atoms with Crippen molar-refractivity contribution in [2.24, 2.45) is 0 Å². The third-order valence-electron chi connectivity index (χ3n) is 4.03. The van der Waals surface area contributed by atoms with Crippen LogP contribution in [0.1, 0.15) is 39.0 Å². The molecular formula is C21H26ClFN2O2. The Morgan fingerprint density at radius 3 is 2.44 bits per heavy atom. The van der Waals surface area contributed by atoms with E-state index in [1.54, 1.807) is 0 Å². The summed E-state index contributed by atoms with van der Waals surface area (Å²) in [5, 5.41) is 5.67. The molecule has 0 bridgehead atoms. The molecule has 6 heteroatoms. The summed E-state index contributed by atoms with van der Waals surface area (Å²) < 4.78 is 18.8. The van der Waals surface area contributed by atoms with E-state index in [0.29, 0.717) is 5.69 Å². The predicted octanol–water partition coefficient (Wildman–Crippen LogP) is 5.88. The third kappa shape index (κ3) is 7.87. The van der Waals surface area contributed by atoms with Crippen LogP contribution in [-0.2, 0) is 4.79 Å². The van der Waals surface area contributed by atoms with Gasteiger partial charge in [-0.2, -0.15) is 0 Å². The Balaban J connectivity index is 1.69. The Bertz CT molecular complexity index is 723. The molecule has 0 aromatic heterocycles. The Labute approximate surface area is 165 Å². The van der Waals surface area contributed by atoms with Crippen LogP contribution in [-0.4, -0.2) is 19.1 Å². The lowest BCUT2D eigenvalue weighted by molar-refractivity contribution is -0.114. The van der Waals surface area contributed by atoms with Crippen molar-refractivity contribution >= 4 is 28.9 Å². The first kappa shape index (κ1) is 21.0. The molecule has 0 unspecified atom stereocenters. The van der Waals surface area contributed by atoms with Gasteiger partial charge in [-0.3, -0.25) is 4.79 Å². The average Bonchev–Trinajstić information content (AvgIpc) is 2.67. The standard InChI is InChI=1S/C21H26ClFN2O2/c1-2-3-4-5-6-13-27-18-10-7-16(8-11-18)24-15-21(26)25-17-9-12-20(23)19(22)14-17/h7-12,14,24H,2-6,13,15H2,1H3,(H,25,26).